The average Bonchev–Trinajstić information content (AvgIpc) is 3.66. The van der Waals surface area contributed by atoms with E-state index in [0.29, 0.717) is 46.0 Å². The van der Waals surface area contributed by atoms with Crippen LogP contribution in [0.4, 0.5) is 22.0 Å². The number of primary amides is 1. The summed E-state index contributed by atoms with van der Waals surface area (Å²) in [4.78, 5) is 35.1. The maximum Gasteiger partial charge on any atom is 0.405 e. The van der Waals surface area contributed by atoms with Crippen molar-refractivity contribution in [3.05, 3.63) is 81.9 Å². The molecule has 0 unspecified atom stereocenters. The summed E-state index contributed by atoms with van der Waals surface area (Å²) in [7, 11) is 0. The van der Waals surface area contributed by atoms with E-state index in [1.807, 2.05) is 18.2 Å². The second kappa shape index (κ2) is 10.3. The molecule has 0 aliphatic heterocycles. The highest BCUT2D eigenvalue weighted by atomic mass is 35.5. The molecule has 2 aromatic carbocycles. The number of benzene rings is 2. The van der Waals surface area contributed by atoms with E-state index < -0.39 is 16.6 Å². The summed E-state index contributed by atoms with van der Waals surface area (Å²) >= 11 is 6.41. The Kier molecular flexibility index (Phi) is 6.79. The lowest BCUT2D eigenvalue weighted by Crippen LogP contribution is -2.29. The van der Waals surface area contributed by atoms with Gasteiger partial charge in [0.2, 0.25) is 0 Å². The van der Waals surface area contributed by atoms with E-state index in [-0.39, 0.29) is 24.7 Å². The van der Waals surface area contributed by atoms with Crippen LogP contribution in [0, 0.1) is 10.1 Å². The number of nitro benzene ring substituents is 1. The molecule has 13 heteroatoms. The van der Waals surface area contributed by atoms with E-state index in [1.54, 1.807) is 24.4 Å². The highest BCUT2D eigenvalue weighted by Gasteiger charge is 2.48. The maximum atomic E-state index is 11.8. The smallest absolute Gasteiger partial charge is 0.405 e. The minimum atomic E-state index is -0.921. The monoisotopic (exact) mass is 536 g/mol. The lowest BCUT2D eigenvalue weighted by Gasteiger charge is -2.16. The van der Waals surface area contributed by atoms with Gasteiger partial charge in [0.1, 0.15) is 36.7 Å². The lowest BCUT2D eigenvalue weighted by atomic mass is 10.2. The van der Waals surface area contributed by atoms with Crippen molar-refractivity contribution >= 4 is 45.8 Å². The van der Waals surface area contributed by atoms with E-state index in [4.69, 9.17) is 31.5 Å². The van der Waals surface area contributed by atoms with E-state index in [9.17, 15) is 14.9 Å². The molecule has 0 atom stereocenters. The van der Waals surface area contributed by atoms with Gasteiger partial charge in [-0.05, 0) is 43.2 Å². The van der Waals surface area contributed by atoms with Crippen LogP contribution in [-0.4, -0.2) is 38.2 Å². The van der Waals surface area contributed by atoms with Crippen LogP contribution >= 0.6 is 11.6 Å². The zero-order valence-corrected chi connectivity index (χ0v) is 20.6. The van der Waals surface area contributed by atoms with Crippen LogP contribution in [0.25, 0.3) is 10.9 Å². The number of amides is 1. The molecule has 0 radical (unpaired) electrons. The number of anilines is 2. The van der Waals surface area contributed by atoms with Crippen molar-refractivity contribution in [2.24, 2.45) is 5.73 Å². The molecule has 0 spiro atoms. The van der Waals surface area contributed by atoms with Gasteiger partial charge in [-0.1, -0.05) is 17.7 Å². The summed E-state index contributed by atoms with van der Waals surface area (Å²) in [5.41, 5.74) is 5.71. The topological polar surface area (TPSA) is 165 Å². The third-order valence-corrected chi connectivity index (χ3v) is 6.12. The Balaban J connectivity index is 1.36. The Labute approximate surface area is 220 Å². The van der Waals surface area contributed by atoms with Crippen LogP contribution in [0.2, 0.25) is 5.02 Å². The number of aromatic nitrogens is 3. The number of pyridine rings is 1. The van der Waals surface area contributed by atoms with Gasteiger partial charge in [-0.15, -0.1) is 0 Å². The first-order valence-corrected chi connectivity index (χ1v) is 11.8. The van der Waals surface area contributed by atoms with Crippen molar-refractivity contribution in [2.45, 2.75) is 25.0 Å². The first-order chi connectivity index (χ1) is 18.3. The number of rotatable bonds is 10. The summed E-state index contributed by atoms with van der Waals surface area (Å²) in [6, 6.07) is 13.4. The normalized spacial score (nSPS) is 13.5. The molecule has 1 aliphatic carbocycles. The highest BCUT2D eigenvalue weighted by Crippen LogP contribution is 2.42. The molecule has 12 nitrogen and oxygen atoms in total. The molecule has 4 aromatic rings. The molecule has 38 heavy (non-hydrogen) atoms. The van der Waals surface area contributed by atoms with Crippen molar-refractivity contribution in [3.8, 4) is 11.5 Å². The van der Waals surface area contributed by atoms with Crippen molar-refractivity contribution in [1.29, 1.82) is 0 Å². The second-order valence-electron chi connectivity index (χ2n) is 8.59. The van der Waals surface area contributed by atoms with Crippen molar-refractivity contribution in [3.63, 3.8) is 0 Å². The number of carbonyl (C=O) groups excluding carboxylic acids is 1. The molecule has 3 N–H and O–H groups in total. The Hall–Kier alpha value is -4.71. The van der Waals surface area contributed by atoms with Crippen LogP contribution in [-0.2, 0) is 11.3 Å². The number of ether oxygens (including phenoxy) is 3. The molecular formula is C25H21ClN6O6. The molecule has 1 fully saturated rings. The van der Waals surface area contributed by atoms with Gasteiger partial charge in [0.25, 0.3) is 0 Å². The van der Waals surface area contributed by atoms with Gasteiger partial charge in [-0.25, -0.2) is 14.8 Å². The van der Waals surface area contributed by atoms with Crippen LogP contribution in [0.5, 0.6) is 11.5 Å². The van der Waals surface area contributed by atoms with Crippen LogP contribution in [0.15, 0.2) is 61.1 Å². The predicted molar refractivity (Wildman–Crippen MR) is 138 cm³/mol. The fraction of sp³-hybridized carbons (Fsp3) is 0.200. The molecule has 5 rings (SSSR count). The lowest BCUT2D eigenvalue weighted by molar-refractivity contribution is -0.385. The Morgan fingerprint density at radius 3 is 2.63 bits per heavy atom. The minimum absolute atomic E-state index is 0.0102. The number of nitro groups is 1. The van der Waals surface area contributed by atoms with Crippen LogP contribution in [0.1, 0.15) is 18.5 Å². The minimum Gasteiger partial charge on any atom is -0.486 e. The zero-order valence-electron chi connectivity index (χ0n) is 19.8. The van der Waals surface area contributed by atoms with Gasteiger partial charge in [0.05, 0.1) is 26.5 Å². The molecule has 0 saturated heterocycles. The Bertz CT molecular complexity index is 1520. The number of halogens is 1. The van der Waals surface area contributed by atoms with Crippen LogP contribution in [0.3, 0.4) is 0 Å². The first-order valence-electron chi connectivity index (χ1n) is 11.5. The zero-order chi connectivity index (χ0) is 26.7. The quantitative estimate of drug-likeness (QED) is 0.210. The number of hydrogen-bond acceptors (Lipinski definition) is 10. The number of nitrogens with one attached hydrogen (secondary N) is 1. The number of nitrogens with zero attached hydrogens (tertiary/aromatic N) is 4. The SMILES string of the molecule is NC(=O)OC1(COc2cc3ncnc(Nc4ccc(OCc5ccccn5)c(Cl)c4)c3cc2[N+](=O)[O-])CC1. The molecule has 2 aromatic heterocycles. The largest absolute Gasteiger partial charge is 0.486 e. The van der Waals surface area contributed by atoms with E-state index in [2.05, 4.69) is 20.3 Å². The Morgan fingerprint density at radius 1 is 1.11 bits per heavy atom. The number of fused-ring (bicyclic) bond motifs is 1. The van der Waals surface area contributed by atoms with Crippen LogP contribution < -0.4 is 20.5 Å². The molecule has 1 amide bonds. The standard InChI is InChI=1S/C25H21ClN6O6/c26-18-9-15(4-5-21(18)36-12-16-3-1-2-8-28-16)31-23-17-10-20(32(34)35)22(11-19(17)29-14-30-23)37-13-25(6-7-25)38-24(27)33/h1-5,8-11,14H,6-7,12-13H2,(H2,27,33)(H,29,30,31). The molecule has 194 valence electrons. The molecular weight excluding hydrogens is 516 g/mol. The van der Waals surface area contributed by atoms with Gasteiger partial charge in [0, 0.05) is 24.0 Å². The summed E-state index contributed by atoms with van der Waals surface area (Å²) in [6.45, 7) is 0.194. The van der Waals surface area contributed by atoms with E-state index in [1.165, 1.54) is 18.5 Å². The summed E-state index contributed by atoms with van der Waals surface area (Å²) in [6.07, 6.45) is 3.20. The first kappa shape index (κ1) is 25.0. The molecule has 1 aliphatic rings. The summed E-state index contributed by atoms with van der Waals surface area (Å²) in [5.74, 6) is 0.795. The van der Waals surface area contributed by atoms with Crippen molar-refractivity contribution < 1.29 is 23.9 Å². The third-order valence-electron chi connectivity index (χ3n) is 5.82. The highest BCUT2D eigenvalue weighted by molar-refractivity contribution is 6.32. The van der Waals surface area contributed by atoms with Gasteiger partial charge >= 0.3 is 11.8 Å². The van der Waals surface area contributed by atoms with Gasteiger partial charge < -0.3 is 25.3 Å². The fourth-order valence-corrected chi connectivity index (χ4v) is 3.97. The van der Waals surface area contributed by atoms with E-state index >= 15 is 0 Å². The number of carbonyl (C=O) groups is 1. The second-order valence-corrected chi connectivity index (χ2v) is 9.00. The fourth-order valence-electron chi connectivity index (χ4n) is 3.74. The molecule has 1 saturated carbocycles. The average molecular weight is 537 g/mol. The maximum absolute atomic E-state index is 11.8. The Morgan fingerprint density at radius 2 is 1.95 bits per heavy atom. The van der Waals surface area contributed by atoms with Gasteiger partial charge in [-0.2, -0.15) is 0 Å². The third kappa shape index (κ3) is 5.65. The van der Waals surface area contributed by atoms with Gasteiger partial charge in [-0.3, -0.25) is 15.1 Å². The van der Waals surface area contributed by atoms with Crippen molar-refractivity contribution in [1.82, 2.24) is 15.0 Å². The molecule has 0 bridgehead atoms. The number of hydrogen-bond donors (Lipinski definition) is 2. The predicted octanol–water partition coefficient (Wildman–Crippen LogP) is 4.92. The van der Waals surface area contributed by atoms with E-state index in [0.717, 1.165) is 5.69 Å². The summed E-state index contributed by atoms with van der Waals surface area (Å²) in [5, 5.41) is 15.7. The van der Waals surface area contributed by atoms with Gasteiger partial charge in [0.15, 0.2) is 5.75 Å². The summed E-state index contributed by atoms with van der Waals surface area (Å²) < 4.78 is 16.5. The molecule has 2 heterocycles. The number of nitrogens with two attached hydrogens (primary N) is 1. The van der Waals surface area contributed by atoms with Crippen molar-refractivity contribution in [2.75, 3.05) is 11.9 Å².